The van der Waals surface area contributed by atoms with Crippen molar-refractivity contribution >= 4 is 22.4 Å². The summed E-state index contributed by atoms with van der Waals surface area (Å²) in [7, 11) is 1.94. The van der Waals surface area contributed by atoms with Crippen LogP contribution in [0.4, 0.5) is 5.13 Å². The van der Waals surface area contributed by atoms with Gasteiger partial charge in [0.15, 0.2) is 5.13 Å². The number of nitrogens with zero attached hydrogens (tertiary/aromatic N) is 2. The fourth-order valence-corrected chi connectivity index (χ4v) is 2.58. The highest BCUT2D eigenvalue weighted by Gasteiger charge is 2.09. The maximum absolute atomic E-state index is 11.9. The van der Waals surface area contributed by atoms with Gasteiger partial charge in [-0.1, -0.05) is 29.8 Å². The second kappa shape index (κ2) is 6.63. The smallest absolute Gasteiger partial charge is 0.240 e. The molecule has 1 aromatic carbocycles. The number of thiazole rings is 1. The molecule has 0 radical (unpaired) electrons. The molecule has 1 amide bonds. The van der Waals surface area contributed by atoms with E-state index >= 15 is 0 Å². The number of amides is 1. The fraction of sp³-hybridized carbons (Fsp3) is 0.333. The SMILES string of the molecule is Cc1ccc(CN(C)CC(=O)Nc2nc(C)cs2)cc1. The van der Waals surface area contributed by atoms with E-state index in [4.69, 9.17) is 0 Å². The molecule has 0 aliphatic carbocycles. The number of likely N-dealkylation sites (N-methyl/N-ethyl adjacent to an activating group) is 1. The number of carbonyl (C=O) groups excluding carboxylic acids is 1. The zero-order chi connectivity index (χ0) is 14.5. The van der Waals surface area contributed by atoms with Gasteiger partial charge in [-0.25, -0.2) is 4.98 Å². The number of hydrogen-bond donors (Lipinski definition) is 1. The first kappa shape index (κ1) is 14.7. The number of rotatable bonds is 5. The number of aromatic nitrogens is 1. The fourth-order valence-electron chi connectivity index (χ4n) is 1.88. The zero-order valence-corrected chi connectivity index (χ0v) is 12.8. The van der Waals surface area contributed by atoms with Gasteiger partial charge in [-0.05, 0) is 26.5 Å². The molecule has 0 aliphatic heterocycles. The van der Waals surface area contributed by atoms with Gasteiger partial charge in [0.25, 0.3) is 0 Å². The average molecular weight is 289 g/mol. The topological polar surface area (TPSA) is 45.2 Å². The summed E-state index contributed by atoms with van der Waals surface area (Å²) in [6.07, 6.45) is 0. The van der Waals surface area contributed by atoms with Crippen LogP contribution in [0.5, 0.6) is 0 Å². The summed E-state index contributed by atoms with van der Waals surface area (Å²) in [4.78, 5) is 18.1. The van der Waals surface area contributed by atoms with Gasteiger partial charge < -0.3 is 5.32 Å². The first-order chi connectivity index (χ1) is 9.52. The van der Waals surface area contributed by atoms with Crippen LogP contribution in [0.2, 0.25) is 0 Å². The summed E-state index contributed by atoms with van der Waals surface area (Å²) in [5.41, 5.74) is 3.38. The van der Waals surface area contributed by atoms with Crippen molar-refractivity contribution in [2.45, 2.75) is 20.4 Å². The molecule has 0 bridgehead atoms. The lowest BCUT2D eigenvalue weighted by Crippen LogP contribution is -2.29. The predicted molar refractivity (Wildman–Crippen MR) is 83.0 cm³/mol. The lowest BCUT2D eigenvalue weighted by molar-refractivity contribution is -0.117. The van der Waals surface area contributed by atoms with Crippen LogP contribution in [0, 0.1) is 13.8 Å². The summed E-state index contributed by atoms with van der Waals surface area (Å²) in [5, 5.41) is 5.40. The monoisotopic (exact) mass is 289 g/mol. The molecule has 0 saturated carbocycles. The minimum absolute atomic E-state index is 0.0334. The van der Waals surface area contributed by atoms with Crippen LogP contribution < -0.4 is 5.32 Å². The van der Waals surface area contributed by atoms with Crippen molar-refractivity contribution in [2.24, 2.45) is 0 Å². The molecule has 0 unspecified atom stereocenters. The maximum Gasteiger partial charge on any atom is 0.240 e. The van der Waals surface area contributed by atoms with E-state index in [9.17, 15) is 4.79 Å². The molecule has 1 heterocycles. The Labute approximate surface area is 123 Å². The molecule has 0 spiro atoms. The third kappa shape index (κ3) is 4.43. The van der Waals surface area contributed by atoms with Gasteiger partial charge in [-0.2, -0.15) is 0 Å². The highest BCUT2D eigenvalue weighted by molar-refractivity contribution is 7.13. The van der Waals surface area contributed by atoms with Crippen molar-refractivity contribution < 1.29 is 4.79 Å². The molecular formula is C15H19N3OS. The molecule has 0 saturated heterocycles. The van der Waals surface area contributed by atoms with Gasteiger partial charge in [-0.15, -0.1) is 11.3 Å². The Morgan fingerprint density at radius 1 is 1.30 bits per heavy atom. The van der Waals surface area contributed by atoms with Crippen molar-refractivity contribution in [3.05, 3.63) is 46.5 Å². The minimum Gasteiger partial charge on any atom is -0.301 e. The van der Waals surface area contributed by atoms with Crippen LogP contribution >= 0.6 is 11.3 Å². The van der Waals surface area contributed by atoms with Crippen LogP contribution in [0.1, 0.15) is 16.8 Å². The summed E-state index contributed by atoms with van der Waals surface area (Å²) in [6, 6.07) is 8.35. The molecule has 2 aromatic rings. The number of anilines is 1. The summed E-state index contributed by atoms with van der Waals surface area (Å²) < 4.78 is 0. The normalized spacial score (nSPS) is 10.8. The van der Waals surface area contributed by atoms with Crippen molar-refractivity contribution in [2.75, 3.05) is 18.9 Å². The molecule has 106 valence electrons. The molecular weight excluding hydrogens is 270 g/mol. The molecule has 5 heteroatoms. The molecule has 0 aliphatic rings. The molecule has 1 aromatic heterocycles. The highest BCUT2D eigenvalue weighted by Crippen LogP contribution is 2.14. The van der Waals surface area contributed by atoms with E-state index in [1.165, 1.54) is 22.5 Å². The van der Waals surface area contributed by atoms with Crippen molar-refractivity contribution in [1.82, 2.24) is 9.88 Å². The number of benzene rings is 1. The van der Waals surface area contributed by atoms with Crippen molar-refractivity contribution in [1.29, 1.82) is 0 Å². The highest BCUT2D eigenvalue weighted by atomic mass is 32.1. The minimum atomic E-state index is -0.0334. The predicted octanol–water partition coefficient (Wildman–Crippen LogP) is 2.83. The van der Waals surface area contributed by atoms with Gasteiger partial charge in [0.2, 0.25) is 5.91 Å². The van der Waals surface area contributed by atoms with Gasteiger partial charge in [0.1, 0.15) is 0 Å². The van der Waals surface area contributed by atoms with Gasteiger partial charge in [-0.3, -0.25) is 9.69 Å². The number of hydrogen-bond acceptors (Lipinski definition) is 4. The lowest BCUT2D eigenvalue weighted by atomic mass is 10.1. The summed E-state index contributed by atoms with van der Waals surface area (Å²) >= 11 is 1.45. The van der Waals surface area contributed by atoms with E-state index in [-0.39, 0.29) is 5.91 Å². The van der Waals surface area contributed by atoms with Crippen LogP contribution in [0.25, 0.3) is 0 Å². The molecule has 20 heavy (non-hydrogen) atoms. The van der Waals surface area contributed by atoms with E-state index in [0.29, 0.717) is 11.7 Å². The Morgan fingerprint density at radius 3 is 2.60 bits per heavy atom. The third-order valence-electron chi connectivity index (χ3n) is 2.85. The van der Waals surface area contributed by atoms with Gasteiger partial charge >= 0.3 is 0 Å². The lowest BCUT2D eigenvalue weighted by Gasteiger charge is -2.15. The first-order valence-electron chi connectivity index (χ1n) is 6.49. The Kier molecular flexibility index (Phi) is 4.87. The van der Waals surface area contributed by atoms with Crippen LogP contribution in [0.15, 0.2) is 29.6 Å². The molecule has 2 rings (SSSR count). The summed E-state index contributed by atoms with van der Waals surface area (Å²) in [6.45, 7) is 5.09. The Morgan fingerprint density at radius 2 is 2.00 bits per heavy atom. The van der Waals surface area contributed by atoms with E-state index in [2.05, 4.69) is 41.5 Å². The second-order valence-corrected chi connectivity index (χ2v) is 5.86. The van der Waals surface area contributed by atoms with E-state index in [0.717, 1.165) is 12.2 Å². The van der Waals surface area contributed by atoms with Gasteiger partial charge in [0.05, 0.1) is 12.2 Å². The second-order valence-electron chi connectivity index (χ2n) is 5.00. The molecule has 1 N–H and O–H groups in total. The van der Waals surface area contributed by atoms with E-state index in [1.54, 1.807) is 0 Å². The average Bonchev–Trinajstić information content (AvgIpc) is 2.77. The standard InChI is InChI=1S/C15H19N3OS/c1-11-4-6-13(7-5-11)8-18(3)9-14(19)17-15-16-12(2)10-20-15/h4-7,10H,8-9H2,1-3H3,(H,16,17,19). The quantitative estimate of drug-likeness (QED) is 0.920. The Bertz CT molecular complexity index is 577. The van der Waals surface area contributed by atoms with E-state index in [1.807, 2.05) is 24.3 Å². The molecule has 0 atom stereocenters. The van der Waals surface area contributed by atoms with E-state index < -0.39 is 0 Å². The Hall–Kier alpha value is -1.72. The maximum atomic E-state index is 11.9. The third-order valence-corrected chi connectivity index (χ3v) is 3.73. The number of nitrogens with one attached hydrogen (secondary N) is 1. The van der Waals surface area contributed by atoms with Gasteiger partial charge in [0, 0.05) is 11.9 Å². The first-order valence-corrected chi connectivity index (χ1v) is 7.37. The molecule has 0 fully saturated rings. The number of aryl methyl sites for hydroxylation is 2. The van der Waals surface area contributed by atoms with Crippen LogP contribution in [-0.4, -0.2) is 29.4 Å². The zero-order valence-electron chi connectivity index (χ0n) is 12.0. The Balaban J connectivity index is 1.83. The van der Waals surface area contributed by atoms with Crippen LogP contribution in [0.3, 0.4) is 0 Å². The van der Waals surface area contributed by atoms with Crippen LogP contribution in [-0.2, 0) is 11.3 Å². The molecule has 4 nitrogen and oxygen atoms in total. The summed E-state index contributed by atoms with van der Waals surface area (Å²) in [5.74, 6) is -0.0334. The van der Waals surface area contributed by atoms with Crippen molar-refractivity contribution in [3.8, 4) is 0 Å². The number of carbonyl (C=O) groups is 1. The largest absolute Gasteiger partial charge is 0.301 e. The van der Waals surface area contributed by atoms with Crippen molar-refractivity contribution in [3.63, 3.8) is 0 Å².